The van der Waals surface area contributed by atoms with E-state index in [2.05, 4.69) is 0 Å². The second-order valence-electron chi connectivity index (χ2n) is 2.26. The number of nitrogens with zero attached hydrogens (tertiary/aromatic N) is 1. The van der Waals surface area contributed by atoms with Gasteiger partial charge in [-0.1, -0.05) is 0 Å². The number of nitrogens with two attached hydrogens (primary N) is 1. The Bertz CT molecular complexity index is 109. The Morgan fingerprint density at radius 1 is 1.75 bits per heavy atom. The molecule has 3 nitrogen and oxygen atoms in total. The average Bonchev–Trinajstić information content (AvgIpc) is 1.62. The van der Waals surface area contributed by atoms with Crippen LogP contribution < -0.4 is 5.73 Å². The number of rotatable bonds is 1. The van der Waals surface area contributed by atoms with Gasteiger partial charge in [-0.15, -0.1) is 0 Å². The van der Waals surface area contributed by atoms with E-state index in [9.17, 15) is 0 Å². The molecule has 3 heteroatoms. The minimum Gasteiger partial charge on any atom is -0.388 e. The third kappa shape index (κ3) is 1.92. The van der Waals surface area contributed by atoms with Crippen LogP contribution in [-0.2, 0) is 0 Å². The van der Waals surface area contributed by atoms with Gasteiger partial charge in [0, 0.05) is 0 Å². The van der Waals surface area contributed by atoms with Gasteiger partial charge >= 0.3 is 0 Å². The van der Waals surface area contributed by atoms with Crippen LogP contribution >= 0.6 is 0 Å². The summed E-state index contributed by atoms with van der Waals surface area (Å²) in [5.74, 6) is 0. The zero-order chi connectivity index (χ0) is 6.78. The number of nitriles is 1. The van der Waals surface area contributed by atoms with Crippen molar-refractivity contribution in [1.29, 1.82) is 5.26 Å². The highest BCUT2D eigenvalue weighted by Crippen LogP contribution is 2.03. The number of hydrogen-bond donors (Lipinski definition) is 2. The molecule has 0 aliphatic heterocycles. The molecule has 0 rings (SSSR count). The highest BCUT2D eigenvalue weighted by Gasteiger charge is 2.21. The Kier molecular flexibility index (Phi) is 1.96. The van der Waals surface area contributed by atoms with Crippen LogP contribution in [0.15, 0.2) is 0 Å². The summed E-state index contributed by atoms with van der Waals surface area (Å²) in [4.78, 5) is 0. The quantitative estimate of drug-likeness (QED) is 0.487. The molecule has 0 spiro atoms. The van der Waals surface area contributed by atoms with E-state index < -0.39 is 11.6 Å². The van der Waals surface area contributed by atoms with Crippen molar-refractivity contribution in [1.82, 2.24) is 0 Å². The highest BCUT2D eigenvalue weighted by atomic mass is 16.3. The van der Waals surface area contributed by atoms with Crippen LogP contribution in [0.5, 0.6) is 0 Å². The van der Waals surface area contributed by atoms with Crippen molar-refractivity contribution in [3.05, 3.63) is 0 Å². The molecule has 0 saturated heterocycles. The third-order valence-corrected chi connectivity index (χ3v) is 0.900. The van der Waals surface area contributed by atoms with Crippen LogP contribution in [-0.4, -0.2) is 16.7 Å². The second-order valence-corrected chi connectivity index (χ2v) is 2.26. The highest BCUT2D eigenvalue weighted by molar-refractivity contribution is 4.97. The average molecular weight is 114 g/mol. The van der Waals surface area contributed by atoms with Gasteiger partial charge in [0.1, 0.15) is 6.04 Å². The molecule has 0 aromatic heterocycles. The van der Waals surface area contributed by atoms with E-state index in [1.165, 1.54) is 13.8 Å². The van der Waals surface area contributed by atoms with Gasteiger partial charge in [0.2, 0.25) is 0 Å². The smallest absolute Gasteiger partial charge is 0.121 e. The van der Waals surface area contributed by atoms with Crippen molar-refractivity contribution in [2.75, 3.05) is 0 Å². The van der Waals surface area contributed by atoms with E-state index in [1.54, 1.807) is 6.07 Å². The molecule has 0 heterocycles. The molecule has 0 saturated carbocycles. The first-order chi connectivity index (χ1) is 3.48. The topological polar surface area (TPSA) is 70.0 Å². The van der Waals surface area contributed by atoms with E-state index in [-0.39, 0.29) is 0 Å². The molecule has 3 N–H and O–H groups in total. The lowest BCUT2D eigenvalue weighted by Gasteiger charge is -2.18. The minimum absolute atomic E-state index is 0.789. The van der Waals surface area contributed by atoms with Gasteiger partial charge in [0.25, 0.3) is 0 Å². The molecule has 0 aliphatic rings. The van der Waals surface area contributed by atoms with Gasteiger partial charge in [0.15, 0.2) is 0 Å². The van der Waals surface area contributed by atoms with Crippen molar-refractivity contribution in [2.45, 2.75) is 25.5 Å². The molecule has 1 atom stereocenters. The number of hydrogen-bond acceptors (Lipinski definition) is 3. The molecule has 0 amide bonds. The molecule has 0 radical (unpaired) electrons. The molecule has 0 aromatic rings. The Hall–Kier alpha value is -0.590. The molecule has 0 aromatic carbocycles. The first kappa shape index (κ1) is 7.41. The van der Waals surface area contributed by atoms with Crippen LogP contribution in [0.25, 0.3) is 0 Å². The molecule has 8 heavy (non-hydrogen) atoms. The number of aliphatic hydroxyl groups is 1. The first-order valence-electron chi connectivity index (χ1n) is 2.36. The lowest BCUT2D eigenvalue weighted by molar-refractivity contribution is 0.0694. The second kappa shape index (κ2) is 2.12. The van der Waals surface area contributed by atoms with Gasteiger partial charge in [0.05, 0.1) is 11.7 Å². The SMILES string of the molecule is CC(C)(O)C(N)C#N. The van der Waals surface area contributed by atoms with E-state index >= 15 is 0 Å². The maximum absolute atomic E-state index is 8.94. The summed E-state index contributed by atoms with van der Waals surface area (Å²) in [6, 6.07) is 0.943. The van der Waals surface area contributed by atoms with Gasteiger partial charge in [-0.2, -0.15) is 5.26 Å². The van der Waals surface area contributed by atoms with Crippen LogP contribution in [0, 0.1) is 11.3 Å². The van der Waals surface area contributed by atoms with Crippen molar-refractivity contribution in [2.24, 2.45) is 5.73 Å². The maximum atomic E-state index is 8.94. The van der Waals surface area contributed by atoms with Crippen LogP contribution in [0.3, 0.4) is 0 Å². The standard InChI is InChI=1S/C5H10N2O/c1-5(2,8)4(7)3-6/h4,8H,7H2,1-2H3. The summed E-state index contributed by atoms with van der Waals surface area (Å²) in [6.07, 6.45) is 0. The summed E-state index contributed by atoms with van der Waals surface area (Å²) < 4.78 is 0. The molecular weight excluding hydrogens is 104 g/mol. The van der Waals surface area contributed by atoms with E-state index in [1.807, 2.05) is 0 Å². The predicted octanol–water partition coefficient (Wildman–Crippen LogP) is -0.392. The van der Waals surface area contributed by atoms with Gasteiger partial charge in [-0.05, 0) is 13.8 Å². The van der Waals surface area contributed by atoms with Crippen molar-refractivity contribution in [3.63, 3.8) is 0 Å². The largest absolute Gasteiger partial charge is 0.388 e. The Morgan fingerprint density at radius 3 is 2.12 bits per heavy atom. The van der Waals surface area contributed by atoms with Crippen LogP contribution in [0.1, 0.15) is 13.8 Å². The Balaban J connectivity index is 3.87. The predicted molar refractivity (Wildman–Crippen MR) is 29.9 cm³/mol. The van der Waals surface area contributed by atoms with E-state index in [0.29, 0.717) is 0 Å². The summed E-state index contributed by atoms with van der Waals surface area (Å²) in [5, 5.41) is 17.1. The summed E-state index contributed by atoms with van der Waals surface area (Å²) in [5.41, 5.74) is 4.06. The van der Waals surface area contributed by atoms with E-state index in [4.69, 9.17) is 16.1 Å². The van der Waals surface area contributed by atoms with Gasteiger partial charge in [-0.3, -0.25) is 0 Å². The summed E-state index contributed by atoms with van der Waals surface area (Å²) >= 11 is 0. The zero-order valence-electron chi connectivity index (χ0n) is 5.05. The monoisotopic (exact) mass is 114 g/mol. The van der Waals surface area contributed by atoms with E-state index in [0.717, 1.165) is 0 Å². The van der Waals surface area contributed by atoms with Gasteiger partial charge in [-0.25, -0.2) is 0 Å². The maximum Gasteiger partial charge on any atom is 0.121 e. The minimum atomic E-state index is -1.07. The fourth-order valence-electron chi connectivity index (χ4n) is 0.158. The van der Waals surface area contributed by atoms with Crippen molar-refractivity contribution in [3.8, 4) is 6.07 Å². The normalized spacial score (nSPS) is 14.9. The Labute approximate surface area is 48.7 Å². The summed E-state index contributed by atoms with van der Waals surface area (Å²) in [6.45, 7) is 3.00. The van der Waals surface area contributed by atoms with Crippen molar-refractivity contribution >= 4 is 0 Å². The molecular formula is C5H10N2O. The summed E-state index contributed by atoms with van der Waals surface area (Å²) in [7, 11) is 0. The lowest BCUT2D eigenvalue weighted by atomic mass is 10.0. The van der Waals surface area contributed by atoms with Crippen LogP contribution in [0.2, 0.25) is 0 Å². The zero-order valence-corrected chi connectivity index (χ0v) is 5.05. The third-order valence-electron chi connectivity index (χ3n) is 0.900. The lowest BCUT2D eigenvalue weighted by Crippen LogP contribution is -2.41. The van der Waals surface area contributed by atoms with Crippen LogP contribution in [0.4, 0.5) is 0 Å². The molecule has 1 unspecified atom stereocenters. The first-order valence-corrected chi connectivity index (χ1v) is 2.36. The fourth-order valence-corrected chi connectivity index (χ4v) is 0.158. The Morgan fingerprint density at radius 2 is 2.12 bits per heavy atom. The molecule has 46 valence electrons. The fraction of sp³-hybridized carbons (Fsp3) is 0.800. The molecule has 0 fully saturated rings. The molecule has 0 aliphatic carbocycles. The van der Waals surface area contributed by atoms with Crippen molar-refractivity contribution < 1.29 is 5.11 Å². The molecule has 0 bridgehead atoms. The van der Waals surface area contributed by atoms with Gasteiger partial charge < -0.3 is 10.8 Å².